The lowest BCUT2D eigenvalue weighted by Gasteiger charge is -2.46. The van der Waals surface area contributed by atoms with E-state index in [2.05, 4.69) is 15.6 Å². The number of non-ortho nitro benzene ring substituents is 1. The van der Waals surface area contributed by atoms with E-state index in [0.717, 1.165) is 5.56 Å². The fourth-order valence-corrected chi connectivity index (χ4v) is 3.77. The lowest BCUT2D eigenvalue weighted by Crippen LogP contribution is -2.62. The number of nitro benzene ring substituents is 1. The molecule has 174 valence electrons. The van der Waals surface area contributed by atoms with E-state index in [4.69, 9.17) is 14.2 Å². The summed E-state index contributed by atoms with van der Waals surface area (Å²) in [5.41, 5.74) is -0.330. The highest BCUT2D eigenvalue weighted by atomic mass is 16.7. The third-order valence-corrected chi connectivity index (χ3v) is 5.40. The van der Waals surface area contributed by atoms with Gasteiger partial charge in [-0.25, -0.2) is 4.99 Å². The number of methoxy groups -OCH3 is 2. The Labute approximate surface area is 190 Å². The molecule has 11 heteroatoms. The minimum Gasteiger partial charge on any atom is -0.479 e. The average Bonchev–Trinajstić information content (AvgIpc) is 2.81. The van der Waals surface area contributed by atoms with Crippen molar-refractivity contribution in [1.82, 2.24) is 10.6 Å². The van der Waals surface area contributed by atoms with Crippen molar-refractivity contribution in [3.05, 3.63) is 69.8 Å². The normalized spacial score (nSPS) is 22.1. The topological polar surface area (TPSA) is 151 Å². The van der Waals surface area contributed by atoms with Crippen LogP contribution in [-0.2, 0) is 16.0 Å². The number of aliphatic hydroxyl groups excluding tert-OH is 1. The monoisotopic (exact) mass is 455 g/mol. The van der Waals surface area contributed by atoms with Crippen LogP contribution in [0.25, 0.3) is 0 Å². The Bertz CT molecular complexity index is 1050. The number of hydrogen-bond donors (Lipinski definition) is 3. The van der Waals surface area contributed by atoms with Gasteiger partial charge in [-0.3, -0.25) is 15.4 Å². The summed E-state index contributed by atoms with van der Waals surface area (Å²) in [4.78, 5) is 15.2. The first kappa shape index (κ1) is 23.9. The Balaban J connectivity index is 2.03. The number of nitrogens with zero attached hydrogens (tertiary/aromatic N) is 3. The van der Waals surface area contributed by atoms with Gasteiger partial charge < -0.3 is 24.6 Å². The van der Waals surface area contributed by atoms with Gasteiger partial charge in [0.25, 0.3) is 5.69 Å². The van der Waals surface area contributed by atoms with Crippen molar-refractivity contribution in [2.75, 3.05) is 14.2 Å². The first-order valence-electron chi connectivity index (χ1n) is 10.0. The molecule has 11 nitrogen and oxygen atoms in total. The molecule has 33 heavy (non-hydrogen) atoms. The van der Waals surface area contributed by atoms with Crippen molar-refractivity contribution in [1.29, 1.82) is 5.26 Å². The molecule has 0 amide bonds. The van der Waals surface area contributed by atoms with Gasteiger partial charge in [0, 0.05) is 31.9 Å². The lowest BCUT2D eigenvalue weighted by molar-refractivity contribution is -0.385. The summed E-state index contributed by atoms with van der Waals surface area (Å²) in [6, 6.07) is 12.5. The van der Waals surface area contributed by atoms with Gasteiger partial charge in [-0.2, -0.15) is 5.26 Å². The molecule has 3 N–H and O–H groups in total. The van der Waals surface area contributed by atoms with Crippen LogP contribution in [0.3, 0.4) is 0 Å². The zero-order valence-electron chi connectivity index (χ0n) is 18.4. The molecule has 0 aromatic heterocycles. The Hall–Kier alpha value is -3.72. The van der Waals surface area contributed by atoms with E-state index in [1.807, 2.05) is 36.5 Å². The second kappa shape index (κ2) is 10.3. The Morgan fingerprint density at radius 3 is 2.64 bits per heavy atom. The van der Waals surface area contributed by atoms with Gasteiger partial charge >= 0.3 is 0 Å². The number of nitrogens with one attached hydrogen (secondary N) is 2. The number of fused-ring (bicyclic) bond motifs is 1. The summed E-state index contributed by atoms with van der Waals surface area (Å²) in [6.45, 7) is 1.86. The van der Waals surface area contributed by atoms with Crippen molar-refractivity contribution in [3.8, 4) is 11.9 Å². The van der Waals surface area contributed by atoms with E-state index >= 15 is 0 Å². The van der Waals surface area contributed by atoms with Crippen LogP contribution >= 0.6 is 0 Å². The summed E-state index contributed by atoms with van der Waals surface area (Å²) >= 11 is 0. The van der Waals surface area contributed by atoms with Gasteiger partial charge in [0.1, 0.15) is 11.9 Å². The zero-order valence-corrected chi connectivity index (χ0v) is 18.4. The van der Waals surface area contributed by atoms with E-state index in [0.29, 0.717) is 11.3 Å². The van der Waals surface area contributed by atoms with Crippen molar-refractivity contribution in [3.63, 3.8) is 0 Å². The molecule has 0 bridgehead atoms. The van der Waals surface area contributed by atoms with Gasteiger partial charge in [0.2, 0.25) is 5.96 Å². The van der Waals surface area contributed by atoms with Crippen LogP contribution in [0.1, 0.15) is 24.1 Å². The van der Waals surface area contributed by atoms with Crippen LogP contribution in [0.2, 0.25) is 0 Å². The molecular formula is C22H25N5O6. The third-order valence-electron chi connectivity index (χ3n) is 5.40. The van der Waals surface area contributed by atoms with Crippen LogP contribution in [0.5, 0.6) is 5.75 Å². The van der Waals surface area contributed by atoms with Crippen molar-refractivity contribution in [2.24, 2.45) is 4.99 Å². The van der Waals surface area contributed by atoms with Crippen molar-refractivity contribution < 1.29 is 24.2 Å². The fraction of sp³-hybridized carbons (Fsp3) is 0.364. The summed E-state index contributed by atoms with van der Waals surface area (Å²) < 4.78 is 16.7. The summed E-state index contributed by atoms with van der Waals surface area (Å²) in [5, 5.41) is 37.4. The van der Waals surface area contributed by atoms with Gasteiger partial charge in [0.15, 0.2) is 18.1 Å². The number of nitro groups is 1. The molecule has 3 rings (SSSR count). The van der Waals surface area contributed by atoms with E-state index in [-0.39, 0.29) is 18.2 Å². The SMILES string of the molecule is COC(OC)[C@@]1(C)Oc2ccc([N+](=O)[O-])cc2[C@H](NC(=NCc2ccccc2)NC#N)[C@H]1O. The molecule has 1 heterocycles. The smallest absolute Gasteiger partial charge is 0.270 e. The first-order chi connectivity index (χ1) is 15.8. The summed E-state index contributed by atoms with van der Waals surface area (Å²) in [6.07, 6.45) is -0.456. The molecule has 0 fully saturated rings. The number of ether oxygens (including phenoxy) is 3. The molecule has 0 radical (unpaired) electrons. The number of nitriles is 1. The highest BCUT2D eigenvalue weighted by Gasteiger charge is 2.52. The number of guanidine groups is 1. The van der Waals surface area contributed by atoms with Crippen LogP contribution in [0.15, 0.2) is 53.5 Å². The van der Waals surface area contributed by atoms with Crippen LogP contribution in [-0.4, -0.2) is 48.2 Å². The lowest BCUT2D eigenvalue weighted by atomic mass is 9.84. The fourth-order valence-electron chi connectivity index (χ4n) is 3.77. The maximum Gasteiger partial charge on any atom is 0.270 e. The first-order valence-corrected chi connectivity index (χ1v) is 10.0. The number of hydrogen-bond acceptors (Lipinski definition) is 8. The molecular weight excluding hydrogens is 430 g/mol. The highest BCUT2D eigenvalue weighted by Crippen LogP contribution is 2.43. The van der Waals surface area contributed by atoms with Crippen LogP contribution < -0.4 is 15.4 Å². The van der Waals surface area contributed by atoms with Crippen LogP contribution in [0.4, 0.5) is 5.69 Å². The molecule has 2 aromatic carbocycles. The highest BCUT2D eigenvalue weighted by molar-refractivity contribution is 5.82. The molecule has 0 spiro atoms. The molecule has 2 aromatic rings. The van der Waals surface area contributed by atoms with E-state index in [9.17, 15) is 20.5 Å². The van der Waals surface area contributed by atoms with Gasteiger partial charge in [0.05, 0.1) is 17.5 Å². The second-order valence-corrected chi connectivity index (χ2v) is 7.52. The molecule has 0 saturated heterocycles. The molecule has 0 saturated carbocycles. The molecule has 0 unspecified atom stereocenters. The largest absolute Gasteiger partial charge is 0.479 e. The molecule has 1 aliphatic rings. The minimum absolute atomic E-state index is 0.0819. The number of rotatable bonds is 7. The minimum atomic E-state index is -1.39. The summed E-state index contributed by atoms with van der Waals surface area (Å²) in [5.74, 6) is 0.378. The summed E-state index contributed by atoms with van der Waals surface area (Å²) in [7, 11) is 2.82. The van der Waals surface area contributed by atoms with E-state index in [1.54, 1.807) is 6.92 Å². The molecule has 0 aliphatic carbocycles. The van der Waals surface area contributed by atoms with Gasteiger partial charge in [-0.1, -0.05) is 30.3 Å². The Morgan fingerprint density at radius 2 is 2.03 bits per heavy atom. The average molecular weight is 455 g/mol. The van der Waals surface area contributed by atoms with E-state index < -0.39 is 29.0 Å². The Kier molecular flexibility index (Phi) is 7.44. The predicted molar refractivity (Wildman–Crippen MR) is 118 cm³/mol. The van der Waals surface area contributed by atoms with E-state index in [1.165, 1.54) is 32.4 Å². The maximum atomic E-state index is 11.3. The standard InChI is InChI=1S/C22H25N5O6/c1-22(20(31-2)32-3)19(28)18(16-11-15(27(29)30)9-10-17(16)33-22)26-21(25-13-23)24-12-14-7-5-4-6-8-14/h4-11,18-20,28H,12H2,1-3H3,(H2,24,25,26)/t18-,19+,22-/m0/s1. The maximum absolute atomic E-state index is 11.3. The molecule has 3 atom stereocenters. The predicted octanol–water partition coefficient (Wildman–Crippen LogP) is 1.98. The van der Waals surface area contributed by atoms with Gasteiger partial charge in [-0.05, 0) is 18.6 Å². The molecule has 1 aliphatic heterocycles. The number of aliphatic imine (C=N–C) groups is 1. The Morgan fingerprint density at radius 1 is 1.33 bits per heavy atom. The third kappa shape index (κ3) is 5.04. The van der Waals surface area contributed by atoms with Crippen LogP contribution in [0, 0.1) is 21.6 Å². The zero-order chi connectivity index (χ0) is 24.0. The quantitative estimate of drug-likeness (QED) is 0.108. The van der Waals surface area contributed by atoms with Gasteiger partial charge in [-0.15, -0.1) is 0 Å². The number of benzene rings is 2. The van der Waals surface area contributed by atoms with Crippen molar-refractivity contribution >= 4 is 11.6 Å². The second-order valence-electron chi connectivity index (χ2n) is 7.52. The number of aliphatic hydroxyl groups is 1. The van der Waals surface area contributed by atoms with Crippen molar-refractivity contribution in [2.45, 2.75) is 37.5 Å².